The van der Waals surface area contributed by atoms with Crippen molar-refractivity contribution in [2.24, 2.45) is 0 Å². The van der Waals surface area contributed by atoms with Gasteiger partial charge in [-0.2, -0.15) is 0 Å². The van der Waals surface area contributed by atoms with E-state index in [1.807, 2.05) is 30.3 Å². The summed E-state index contributed by atoms with van der Waals surface area (Å²) >= 11 is 0. The lowest BCUT2D eigenvalue weighted by Gasteiger charge is -2.27. The second kappa shape index (κ2) is 11.8. The summed E-state index contributed by atoms with van der Waals surface area (Å²) in [4.78, 5) is 36.8. The first-order valence-corrected chi connectivity index (χ1v) is 9.20. The Bertz CT molecular complexity index is 627. The Hall–Kier alpha value is -2.77. The first-order valence-electron chi connectivity index (χ1n) is 9.20. The van der Waals surface area contributed by atoms with Gasteiger partial charge in [-0.25, -0.2) is 9.59 Å². The van der Waals surface area contributed by atoms with Gasteiger partial charge in [0.05, 0.1) is 13.5 Å². The van der Waals surface area contributed by atoms with Crippen LogP contribution in [0.3, 0.4) is 0 Å². The molecule has 0 aliphatic carbocycles. The zero-order valence-electron chi connectivity index (χ0n) is 17.0. The molecule has 156 valence electrons. The number of alkyl carbamates (subject to hydrolysis) is 1. The second-order valence-electron chi connectivity index (χ2n) is 7.14. The van der Waals surface area contributed by atoms with Crippen molar-refractivity contribution in [3.63, 3.8) is 0 Å². The van der Waals surface area contributed by atoms with E-state index in [1.165, 1.54) is 12.0 Å². The summed E-state index contributed by atoms with van der Waals surface area (Å²) in [5.74, 6) is -0.406. The Morgan fingerprint density at radius 2 is 1.75 bits per heavy atom. The maximum Gasteiger partial charge on any atom is 0.410 e. The number of rotatable bonds is 9. The highest BCUT2D eigenvalue weighted by Gasteiger charge is 2.22. The van der Waals surface area contributed by atoms with Crippen molar-refractivity contribution in [3.8, 4) is 0 Å². The number of amides is 2. The van der Waals surface area contributed by atoms with Gasteiger partial charge in [-0.1, -0.05) is 30.3 Å². The summed E-state index contributed by atoms with van der Waals surface area (Å²) in [5.41, 5.74) is 0.261. The number of methoxy groups -OCH3 is 1. The van der Waals surface area contributed by atoms with E-state index in [0.29, 0.717) is 19.5 Å². The molecule has 0 bridgehead atoms. The molecule has 1 N–H and O–H groups in total. The van der Waals surface area contributed by atoms with Gasteiger partial charge in [0.15, 0.2) is 0 Å². The lowest BCUT2D eigenvalue weighted by Crippen LogP contribution is -2.39. The third kappa shape index (κ3) is 10.4. The van der Waals surface area contributed by atoms with Crippen LogP contribution in [0.5, 0.6) is 0 Å². The van der Waals surface area contributed by atoms with Gasteiger partial charge in [0.2, 0.25) is 0 Å². The number of hydrogen-bond acceptors (Lipinski definition) is 6. The van der Waals surface area contributed by atoms with E-state index in [2.05, 4.69) is 10.1 Å². The monoisotopic (exact) mass is 394 g/mol. The number of carbonyl (C=O) groups excluding carboxylic acids is 3. The molecule has 0 saturated carbocycles. The summed E-state index contributed by atoms with van der Waals surface area (Å²) in [6, 6.07) is 9.37. The van der Waals surface area contributed by atoms with Crippen LogP contribution in [0.25, 0.3) is 0 Å². The number of esters is 1. The third-order valence-corrected chi connectivity index (χ3v) is 3.55. The topological polar surface area (TPSA) is 94.2 Å². The maximum absolute atomic E-state index is 12.3. The van der Waals surface area contributed by atoms with Crippen LogP contribution in [0.1, 0.15) is 39.2 Å². The quantitative estimate of drug-likeness (QED) is 0.393. The van der Waals surface area contributed by atoms with Gasteiger partial charge in [0, 0.05) is 19.6 Å². The Balaban J connectivity index is 2.38. The molecule has 0 saturated heterocycles. The van der Waals surface area contributed by atoms with Crippen LogP contribution >= 0.6 is 0 Å². The standard InChI is InChI=1S/C20H30N2O6/c1-20(2,3)28-19(25)22(14-11-17(23)26-4)13-8-12-21-18(24)27-15-16-9-6-5-7-10-16/h5-7,9-10H,8,11-15H2,1-4H3,(H,21,24). The van der Waals surface area contributed by atoms with Gasteiger partial charge >= 0.3 is 18.2 Å². The number of nitrogens with zero attached hydrogens (tertiary/aromatic N) is 1. The Morgan fingerprint density at radius 1 is 1.07 bits per heavy atom. The van der Waals surface area contributed by atoms with Gasteiger partial charge in [-0.15, -0.1) is 0 Å². The van der Waals surface area contributed by atoms with Crippen LogP contribution in [0.15, 0.2) is 30.3 Å². The molecule has 0 fully saturated rings. The number of benzene rings is 1. The number of ether oxygens (including phenoxy) is 3. The van der Waals surface area contributed by atoms with E-state index in [1.54, 1.807) is 20.8 Å². The fourth-order valence-electron chi connectivity index (χ4n) is 2.18. The second-order valence-corrected chi connectivity index (χ2v) is 7.14. The van der Waals surface area contributed by atoms with Crippen LogP contribution < -0.4 is 5.32 Å². The molecular formula is C20H30N2O6. The zero-order chi connectivity index (χ0) is 21.0. The molecule has 0 heterocycles. The van der Waals surface area contributed by atoms with Crippen molar-refractivity contribution in [3.05, 3.63) is 35.9 Å². The largest absolute Gasteiger partial charge is 0.469 e. The molecule has 1 aromatic carbocycles. The van der Waals surface area contributed by atoms with Crippen LogP contribution in [0, 0.1) is 0 Å². The van der Waals surface area contributed by atoms with Crippen LogP contribution in [-0.4, -0.2) is 55.4 Å². The molecular weight excluding hydrogens is 364 g/mol. The molecule has 8 nitrogen and oxygen atoms in total. The van der Waals surface area contributed by atoms with Gasteiger partial charge in [-0.05, 0) is 32.8 Å². The highest BCUT2D eigenvalue weighted by Crippen LogP contribution is 2.11. The minimum atomic E-state index is -0.639. The first kappa shape index (κ1) is 23.3. The van der Waals surface area contributed by atoms with E-state index >= 15 is 0 Å². The minimum absolute atomic E-state index is 0.0717. The van der Waals surface area contributed by atoms with Gasteiger partial charge in [0.25, 0.3) is 0 Å². The van der Waals surface area contributed by atoms with Crippen molar-refractivity contribution in [1.29, 1.82) is 0 Å². The van der Waals surface area contributed by atoms with Crippen molar-refractivity contribution in [2.75, 3.05) is 26.7 Å². The van der Waals surface area contributed by atoms with E-state index in [-0.39, 0.29) is 19.6 Å². The fourth-order valence-corrected chi connectivity index (χ4v) is 2.18. The summed E-state index contributed by atoms with van der Waals surface area (Å²) in [6.45, 7) is 6.33. The average molecular weight is 394 g/mol. The summed E-state index contributed by atoms with van der Waals surface area (Å²) in [7, 11) is 1.30. The molecule has 0 aliphatic heterocycles. The molecule has 0 aromatic heterocycles. The Kier molecular flexibility index (Phi) is 9.84. The van der Waals surface area contributed by atoms with Crippen molar-refractivity contribution < 1.29 is 28.6 Å². The first-order chi connectivity index (χ1) is 13.2. The molecule has 0 radical (unpaired) electrons. The molecule has 0 aliphatic rings. The van der Waals surface area contributed by atoms with Crippen LogP contribution in [-0.2, 0) is 25.6 Å². The zero-order valence-corrected chi connectivity index (χ0v) is 17.0. The van der Waals surface area contributed by atoms with E-state index in [0.717, 1.165) is 5.56 Å². The molecule has 1 rings (SSSR count). The number of carbonyl (C=O) groups is 3. The number of hydrogen-bond donors (Lipinski definition) is 1. The SMILES string of the molecule is COC(=O)CCN(CCCNC(=O)OCc1ccccc1)C(=O)OC(C)(C)C. The van der Waals surface area contributed by atoms with Crippen LogP contribution in [0.4, 0.5) is 9.59 Å². The molecule has 8 heteroatoms. The van der Waals surface area contributed by atoms with Gasteiger partial charge in [-0.3, -0.25) is 4.79 Å². The summed E-state index contributed by atoms with van der Waals surface area (Å²) < 4.78 is 15.1. The highest BCUT2D eigenvalue weighted by atomic mass is 16.6. The average Bonchev–Trinajstić information content (AvgIpc) is 2.64. The molecule has 0 spiro atoms. The highest BCUT2D eigenvalue weighted by molar-refractivity contribution is 5.72. The fraction of sp³-hybridized carbons (Fsp3) is 0.550. The number of nitrogens with one attached hydrogen (secondary N) is 1. The van der Waals surface area contributed by atoms with E-state index < -0.39 is 23.8 Å². The van der Waals surface area contributed by atoms with E-state index in [9.17, 15) is 14.4 Å². The maximum atomic E-state index is 12.3. The molecule has 28 heavy (non-hydrogen) atoms. The summed E-state index contributed by atoms with van der Waals surface area (Å²) in [5, 5.41) is 2.64. The lowest BCUT2D eigenvalue weighted by molar-refractivity contribution is -0.140. The van der Waals surface area contributed by atoms with Gasteiger partial charge in [0.1, 0.15) is 12.2 Å². The molecule has 0 unspecified atom stereocenters. The Morgan fingerprint density at radius 3 is 2.36 bits per heavy atom. The Labute approximate surface area is 166 Å². The smallest absolute Gasteiger partial charge is 0.410 e. The van der Waals surface area contributed by atoms with Crippen molar-refractivity contribution in [2.45, 2.75) is 45.8 Å². The molecule has 1 aromatic rings. The van der Waals surface area contributed by atoms with Crippen molar-refractivity contribution >= 4 is 18.2 Å². The molecule has 2 amide bonds. The minimum Gasteiger partial charge on any atom is -0.469 e. The predicted molar refractivity (Wildman–Crippen MR) is 104 cm³/mol. The third-order valence-electron chi connectivity index (χ3n) is 3.55. The molecule has 0 atom stereocenters. The van der Waals surface area contributed by atoms with E-state index in [4.69, 9.17) is 9.47 Å². The lowest BCUT2D eigenvalue weighted by atomic mass is 10.2. The predicted octanol–water partition coefficient (Wildman–Crippen LogP) is 3.10. The summed E-state index contributed by atoms with van der Waals surface area (Å²) in [6.07, 6.45) is -0.478. The van der Waals surface area contributed by atoms with Gasteiger partial charge < -0.3 is 24.4 Å². The normalized spacial score (nSPS) is 10.7. The van der Waals surface area contributed by atoms with Crippen molar-refractivity contribution in [1.82, 2.24) is 10.2 Å². The van der Waals surface area contributed by atoms with Crippen LogP contribution in [0.2, 0.25) is 0 Å².